The molecule has 0 saturated carbocycles. The molecule has 1 rings (SSSR count). The molecule has 1 aromatic heterocycles. The van der Waals surface area contributed by atoms with Gasteiger partial charge in [0.2, 0.25) is 0 Å². The van der Waals surface area contributed by atoms with Crippen LogP contribution in [-0.2, 0) is 7.05 Å². The van der Waals surface area contributed by atoms with Crippen LogP contribution in [0.4, 0.5) is 0 Å². The van der Waals surface area contributed by atoms with E-state index in [1.165, 1.54) is 5.56 Å². The maximum Gasteiger partial charge on any atom is 0.0538 e. The van der Waals surface area contributed by atoms with Gasteiger partial charge >= 0.3 is 0 Å². The summed E-state index contributed by atoms with van der Waals surface area (Å²) in [6.45, 7) is 8.78. The van der Waals surface area contributed by atoms with Crippen molar-refractivity contribution in [2.24, 2.45) is 18.7 Å². The molecule has 4 nitrogen and oxygen atoms in total. The van der Waals surface area contributed by atoms with Gasteiger partial charge in [-0.3, -0.25) is 9.58 Å². The second-order valence-corrected chi connectivity index (χ2v) is 5.40. The van der Waals surface area contributed by atoms with Crippen molar-refractivity contribution in [2.75, 3.05) is 7.05 Å². The zero-order chi connectivity index (χ0) is 13.2. The Morgan fingerprint density at radius 2 is 1.88 bits per heavy atom. The summed E-state index contributed by atoms with van der Waals surface area (Å²) in [4.78, 5) is 2.35. The summed E-state index contributed by atoms with van der Waals surface area (Å²) in [5, 5.41) is 4.24. The Bertz CT molecular complexity index is 343. The fourth-order valence-corrected chi connectivity index (χ4v) is 2.23. The van der Waals surface area contributed by atoms with Crippen molar-refractivity contribution in [1.82, 2.24) is 14.7 Å². The highest BCUT2D eigenvalue weighted by atomic mass is 15.3. The summed E-state index contributed by atoms with van der Waals surface area (Å²) in [7, 11) is 4.08. The Hall–Kier alpha value is -0.870. The van der Waals surface area contributed by atoms with Gasteiger partial charge < -0.3 is 5.73 Å². The van der Waals surface area contributed by atoms with Crippen LogP contribution in [0.5, 0.6) is 0 Å². The average molecular weight is 238 g/mol. The molecule has 0 aliphatic heterocycles. The molecule has 98 valence electrons. The SMILES string of the molecule is CC(C)C(C)N(C)C(c1cnn(C)c1)C(C)N. The summed E-state index contributed by atoms with van der Waals surface area (Å²) in [6.07, 6.45) is 3.97. The number of nitrogens with zero attached hydrogens (tertiary/aromatic N) is 3. The minimum atomic E-state index is 0.0883. The van der Waals surface area contributed by atoms with E-state index in [2.05, 4.69) is 50.9 Å². The number of aromatic nitrogens is 2. The molecule has 4 heteroatoms. The van der Waals surface area contributed by atoms with E-state index < -0.39 is 0 Å². The van der Waals surface area contributed by atoms with Gasteiger partial charge in [0.1, 0.15) is 0 Å². The maximum atomic E-state index is 6.14. The summed E-state index contributed by atoms with van der Waals surface area (Å²) in [5.74, 6) is 0.609. The number of rotatable bonds is 5. The van der Waals surface area contributed by atoms with Crippen molar-refractivity contribution in [3.8, 4) is 0 Å². The molecule has 17 heavy (non-hydrogen) atoms. The lowest BCUT2D eigenvalue weighted by Crippen LogP contribution is -2.43. The van der Waals surface area contributed by atoms with Crippen LogP contribution < -0.4 is 5.73 Å². The molecule has 1 heterocycles. The van der Waals surface area contributed by atoms with Gasteiger partial charge in [0, 0.05) is 30.9 Å². The molecule has 0 aliphatic carbocycles. The van der Waals surface area contributed by atoms with Crippen LogP contribution in [0.2, 0.25) is 0 Å². The van der Waals surface area contributed by atoms with Crippen LogP contribution >= 0.6 is 0 Å². The summed E-state index contributed by atoms with van der Waals surface area (Å²) in [5.41, 5.74) is 7.33. The van der Waals surface area contributed by atoms with E-state index in [0.717, 1.165) is 0 Å². The van der Waals surface area contributed by atoms with E-state index in [-0.39, 0.29) is 12.1 Å². The molecule has 0 amide bonds. The Morgan fingerprint density at radius 3 is 2.24 bits per heavy atom. The van der Waals surface area contributed by atoms with E-state index in [1.807, 2.05) is 17.9 Å². The van der Waals surface area contributed by atoms with Crippen molar-refractivity contribution in [3.05, 3.63) is 18.0 Å². The fraction of sp³-hybridized carbons (Fsp3) is 0.769. The Morgan fingerprint density at radius 1 is 1.29 bits per heavy atom. The number of aryl methyl sites for hydroxylation is 1. The highest BCUT2D eigenvalue weighted by Gasteiger charge is 2.27. The minimum Gasteiger partial charge on any atom is -0.326 e. The van der Waals surface area contributed by atoms with Gasteiger partial charge in [0.25, 0.3) is 0 Å². The topological polar surface area (TPSA) is 47.1 Å². The van der Waals surface area contributed by atoms with Gasteiger partial charge in [-0.15, -0.1) is 0 Å². The van der Waals surface area contributed by atoms with Gasteiger partial charge in [-0.2, -0.15) is 5.10 Å². The zero-order valence-electron chi connectivity index (χ0n) is 11.9. The third-order valence-electron chi connectivity index (χ3n) is 3.61. The standard InChI is InChI=1S/C13H26N4/c1-9(2)11(4)17(6)13(10(3)14)12-7-15-16(5)8-12/h7-11,13H,14H2,1-6H3. The maximum absolute atomic E-state index is 6.14. The summed E-state index contributed by atoms with van der Waals surface area (Å²) >= 11 is 0. The first-order valence-corrected chi connectivity index (χ1v) is 6.30. The van der Waals surface area contributed by atoms with Gasteiger partial charge in [-0.05, 0) is 26.8 Å². The quantitative estimate of drug-likeness (QED) is 0.850. The Labute approximate surface area is 105 Å². The van der Waals surface area contributed by atoms with Gasteiger partial charge in [-0.25, -0.2) is 0 Å². The van der Waals surface area contributed by atoms with E-state index in [0.29, 0.717) is 12.0 Å². The van der Waals surface area contributed by atoms with E-state index in [9.17, 15) is 0 Å². The molecular weight excluding hydrogens is 212 g/mol. The number of hydrogen-bond acceptors (Lipinski definition) is 3. The predicted octanol–water partition coefficient (Wildman–Crippen LogP) is 1.78. The van der Waals surface area contributed by atoms with Crippen molar-refractivity contribution in [3.63, 3.8) is 0 Å². The first-order valence-electron chi connectivity index (χ1n) is 6.30. The zero-order valence-corrected chi connectivity index (χ0v) is 11.9. The Kier molecular flexibility index (Phi) is 4.71. The largest absolute Gasteiger partial charge is 0.326 e. The van der Waals surface area contributed by atoms with Crippen LogP contribution in [0.15, 0.2) is 12.4 Å². The van der Waals surface area contributed by atoms with Crippen LogP contribution in [0.25, 0.3) is 0 Å². The van der Waals surface area contributed by atoms with Gasteiger partial charge in [0.15, 0.2) is 0 Å². The molecule has 0 radical (unpaired) electrons. The first kappa shape index (κ1) is 14.2. The summed E-state index contributed by atoms with van der Waals surface area (Å²) < 4.78 is 1.83. The molecule has 1 aromatic rings. The third kappa shape index (κ3) is 3.30. The third-order valence-corrected chi connectivity index (χ3v) is 3.61. The fourth-order valence-electron chi connectivity index (χ4n) is 2.23. The lowest BCUT2D eigenvalue weighted by atomic mass is 9.97. The van der Waals surface area contributed by atoms with E-state index >= 15 is 0 Å². The molecule has 0 fully saturated rings. The first-order chi connectivity index (χ1) is 7.84. The second-order valence-electron chi connectivity index (χ2n) is 5.40. The molecule has 3 unspecified atom stereocenters. The van der Waals surface area contributed by atoms with Crippen molar-refractivity contribution in [1.29, 1.82) is 0 Å². The molecule has 0 aromatic carbocycles. The minimum absolute atomic E-state index is 0.0883. The van der Waals surface area contributed by atoms with Crippen LogP contribution in [0.1, 0.15) is 39.3 Å². The van der Waals surface area contributed by atoms with Crippen molar-refractivity contribution < 1.29 is 0 Å². The molecule has 0 bridgehead atoms. The highest BCUT2D eigenvalue weighted by Crippen LogP contribution is 2.25. The Balaban J connectivity index is 2.94. The van der Waals surface area contributed by atoms with E-state index in [4.69, 9.17) is 5.73 Å². The highest BCUT2D eigenvalue weighted by molar-refractivity contribution is 5.13. The van der Waals surface area contributed by atoms with Crippen molar-refractivity contribution in [2.45, 2.75) is 45.8 Å². The van der Waals surface area contributed by atoms with Gasteiger partial charge in [-0.1, -0.05) is 13.8 Å². The molecular formula is C13H26N4. The van der Waals surface area contributed by atoms with Crippen molar-refractivity contribution >= 4 is 0 Å². The predicted molar refractivity (Wildman–Crippen MR) is 71.7 cm³/mol. The molecule has 2 N–H and O–H groups in total. The molecule has 3 atom stereocenters. The van der Waals surface area contributed by atoms with Gasteiger partial charge in [0.05, 0.1) is 12.2 Å². The van der Waals surface area contributed by atoms with Crippen LogP contribution in [0, 0.1) is 5.92 Å². The lowest BCUT2D eigenvalue weighted by Gasteiger charge is -2.37. The molecule has 0 saturated heterocycles. The monoisotopic (exact) mass is 238 g/mol. The average Bonchev–Trinajstić information content (AvgIpc) is 2.62. The van der Waals surface area contributed by atoms with Crippen LogP contribution in [-0.4, -0.2) is 33.8 Å². The normalized spacial score (nSPS) is 17.5. The number of nitrogens with two attached hydrogens (primary N) is 1. The number of likely N-dealkylation sites (N-methyl/N-ethyl adjacent to an activating group) is 1. The molecule has 0 aliphatic rings. The lowest BCUT2D eigenvalue weighted by molar-refractivity contribution is 0.133. The molecule has 0 spiro atoms. The van der Waals surface area contributed by atoms with Crippen LogP contribution in [0.3, 0.4) is 0 Å². The smallest absolute Gasteiger partial charge is 0.0538 e. The van der Waals surface area contributed by atoms with E-state index in [1.54, 1.807) is 0 Å². The number of hydrogen-bond donors (Lipinski definition) is 1. The second kappa shape index (κ2) is 5.65. The summed E-state index contributed by atoms with van der Waals surface area (Å²) in [6, 6.07) is 0.803.